The maximum atomic E-state index is 12.8. The Morgan fingerprint density at radius 3 is 2.80 bits per heavy atom. The van der Waals surface area contributed by atoms with Gasteiger partial charge in [-0.3, -0.25) is 9.59 Å². The summed E-state index contributed by atoms with van der Waals surface area (Å²) >= 11 is 0. The zero-order valence-electron chi connectivity index (χ0n) is 15.0. The normalized spacial score (nSPS) is 22.0. The van der Waals surface area contributed by atoms with E-state index >= 15 is 0 Å². The van der Waals surface area contributed by atoms with Crippen molar-refractivity contribution in [2.75, 3.05) is 7.05 Å². The van der Waals surface area contributed by atoms with Crippen molar-refractivity contribution in [3.8, 4) is 0 Å². The van der Waals surface area contributed by atoms with Gasteiger partial charge in [-0.25, -0.2) is 0 Å². The molecule has 0 unspecified atom stereocenters. The quantitative estimate of drug-likeness (QED) is 0.920. The van der Waals surface area contributed by atoms with Crippen molar-refractivity contribution in [1.82, 2.24) is 9.88 Å². The van der Waals surface area contributed by atoms with Crippen LogP contribution in [0.4, 0.5) is 0 Å². The minimum Gasteiger partial charge on any atom is -0.464 e. The van der Waals surface area contributed by atoms with Crippen LogP contribution in [0.2, 0.25) is 0 Å². The second-order valence-electron chi connectivity index (χ2n) is 7.54. The van der Waals surface area contributed by atoms with Crippen molar-refractivity contribution in [2.45, 2.75) is 52.0 Å². The van der Waals surface area contributed by atoms with Gasteiger partial charge in [-0.2, -0.15) is 0 Å². The van der Waals surface area contributed by atoms with Gasteiger partial charge in [0.05, 0.1) is 6.54 Å². The Bertz CT molecular complexity index is 845. The number of amides is 1. The molecule has 0 radical (unpaired) electrons. The number of aromatic nitrogens is 1. The molecular weight excluding hydrogens is 316 g/mol. The Balaban J connectivity index is 1.51. The van der Waals surface area contributed by atoms with E-state index in [0.29, 0.717) is 30.5 Å². The Morgan fingerprint density at radius 2 is 2.12 bits per heavy atom. The number of hydrogen-bond donors (Lipinski definition) is 1. The monoisotopic (exact) mass is 340 g/mol. The van der Waals surface area contributed by atoms with Crippen LogP contribution in [0.15, 0.2) is 16.5 Å². The van der Waals surface area contributed by atoms with Gasteiger partial charge in [-0.05, 0) is 49.8 Å². The number of H-pyrrole nitrogens is 1. The lowest BCUT2D eigenvalue weighted by atomic mass is 9.94. The minimum absolute atomic E-state index is 0.0996. The number of furan rings is 1. The molecule has 1 amide bonds. The predicted octanol–water partition coefficient (Wildman–Crippen LogP) is 3.83. The Morgan fingerprint density at radius 1 is 1.36 bits per heavy atom. The molecule has 0 spiro atoms. The zero-order chi connectivity index (χ0) is 17.7. The second kappa shape index (κ2) is 5.90. The molecule has 2 heterocycles. The largest absolute Gasteiger partial charge is 0.464 e. The van der Waals surface area contributed by atoms with Gasteiger partial charge in [-0.15, -0.1) is 0 Å². The van der Waals surface area contributed by atoms with Crippen LogP contribution in [0.1, 0.15) is 75.7 Å². The van der Waals surface area contributed by atoms with Crippen molar-refractivity contribution in [3.05, 3.63) is 46.2 Å². The zero-order valence-corrected chi connectivity index (χ0v) is 15.0. The summed E-state index contributed by atoms with van der Waals surface area (Å²) in [5, 5.41) is 0. The number of aryl methyl sites for hydroxylation is 1. The Hall–Kier alpha value is -2.30. The third kappa shape index (κ3) is 2.81. The predicted molar refractivity (Wildman–Crippen MR) is 93.8 cm³/mol. The molecule has 2 atom stereocenters. The van der Waals surface area contributed by atoms with Gasteiger partial charge in [-0.1, -0.05) is 6.92 Å². The average molecular weight is 340 g/mol. The maximum absolute atomic E-state index is 12.8. The molecule has 1 N–H and O–H groups in total. The average Bonchev–Trinajstić information content (AvgIpc) is 2.99. The van der Waals surface area contributed by atoms with Crippen LogP contribution in [0.25, 0.3) is 0 Å². The van der Waals surface area contributed by atoms with Gasteiger partial charge in [0.25, 0.3) is 5.91 Å². The summed E-state index contributed by atoms with van der Waals surface area (Å²) in [7, 11) is 1.77. The first-order valence-electron chi connectivity index (χ1n) is 9.04. The molecule has 4 rings (SSSR count). The van der Waals surface area contributed by atoms with Gasteiger partial charge in [0.15, 0.2) is 5.78 Å². The summed E-state index contributed by atoms with van der Waals surface area (Å²) < 4.78 is 5.91. The highest BCUT2D eigenvalue weighted by Crippen LogP contribution is 2.47. The van der Waals surface area contributed by atoms with Crippen LogP contribution >= 0.6 is 0 Å². The fourth-order valence-corrected chi connectivity index (χ4v) is 3.88. The van der Waals surface area contributed by atoms with Crippen molar-refractivity contribution >= 4 is 11.7 Å². The molecule has 2 aliphatic rings. The first-order chi connectivity index (χ1) is 12.0. The molecule has 2 aromatic rings. The van der Waals surface area contributed by atoms with Crippen LogP contribution in [0.3, 0.4) is 0 Å². The molecule has 1 fully saturated rings. The van der Waals surface area contributed by atoms with Crippen LogP contribution in [0, 0.1) is 12.8 Å². The van der Waals surface area contributed by atoms with E-state index in [1.165, 1.54) is 6.42 Å². The molecule has 0 bridgehead atoms. The molecule has 0 saturated heterocycles. The van der Waals surface area contributed by atoms with Gasteiger partial charge in [0.1, 0.15) is 17.2 Å². The summed E-state index contributed by atoms with van der Waals surface area (Å²) in [6.07, 6.45) is 3.44. The third-order valence-corrected chi connectivity index (χ3v) is 5.55. The molecule has 5 nitrogen and oxygen atoms in total. The number of hydrogen-bond acceptors (Lipinski definition) is 3. The van der Waals surface area contributed by atoms with Crippen LogP contribution in [0.5, 0.6) is 0 Å². The first kappa shape index (κ1) is 16.2. The number of carbonyl (C=O) groups excluding carboxylic acids is 2. The van der Waals surface area contributed by atoms with Gasteiger partial charge >= 0.3 is 0 Å². The minimum atomic E-state index is -0.0996. The Labute approximate surface area is 147 Å². The number of carbonyl (C=O) groups is 2. The van der Waals surface area contributed by atoms with E-state index in [2.05, 4.69) is 11.9 Å². The van der Waals surface area contributed by atoms with E-state index in [-0.39, 0.29) is 11.7 Å². The number of fused-ring (bicyclic) bond motifs is 1. The van der Waals surface area contributed by atoms with E-state index in [9.17, 15) is 9.59 Å². The molecule has 132 valence electrons. The highest BCUT2D eigenvalue weighted by atomic mass is 16.3. The number of nitrogens with one attached hydrogen (secondary N) is 1. The fraction of sp³-hybridized carbons (Fsp3) is 0.500. The lowest BCUT2D eigenvalue weighted by molar-refractivity contribution is 0.0768. The van der Waals surface area contributed by atoms with E-state index in [4.69, 9.17) is 4.42 Å². The SMILES string of the molecule is Cc1c(C(=O)N(C)Cc2ccc([C@H]3C[C@H]3C)o2)[nH]c2c1C(=O)CCC2. The number of nitrogens with zero attached hydrogens (tertiary/aromatic N) is 1. The molecule has 0 aromatic carbocycles. The lowest BCUT2D eigenvalue weighted by Gasteiger charge is -2.15. The number of ketones is 1. The van der Waals surface area contributed by atoms with E-state index in [1.807, 2.05) is 19.1 Å². The number of Topliss-reactive ketones (excluding diaryl/α,β-unsaturated/α-hetero) is 1. The van der Waals surface area contributed by atoms with Crippen molar-refractivity contribution in [3.63, 3.8) is 0 Å². The van der Waals surface area contributed by atoms with E-state index in [0.717, 1.165) is 41.2 Å². The maximum Gasteiger partial charge on any atom is 0.270 e. The standard InChI is InChI=1S/C20H24N2O3/c1-11-9-14(11)17-8-7-13(25-17)10-22(3)20(24)19-12(2)18-15(21-19)5-4-6-16(18)23/h7-8,11,14,21H,4-6,9-10H2,1-3H3/t11-,14+/m1/s1. The molecular formula is C20H24N2O3. The summed E-state index contributed by atoms with van der Waals surface area (Å²) in [6.45, 7) is 4.51. The van der Waals surface area contributed by atoms with Crippen LogP contribution in [-0.2, 0) is 13.0 Å². The van der Waals surface area contributed by atoms with Crippen LogP contribution < -0.4 is 0 Å². The smallest absolute Gasteiger partial charge is 0.270 e. The fourth-order valence-electron chi connectivity index (χ4n) is 3.88. The van der Waals surface area contributed by atoms with Gasteiger partial charge < -0.3 is 14.3 Å². The van der Waals surface area contributed by atoms with Gasteiger partial charge in [0.2, 0.25) is 0 Å². The topological polar surface area (TPSA) is 66.3 Å². The summed E-state index contributed by atoms with van der Waals surface area (Å²) in [6, 6.07) is 3.99. The Kier molecular flexibility index (Phi) is 3.82. The molecule has 2 aromatic heterocycles. The van der Waals surface area contributed by atoms with Crippen molar-refractivity contribution in [2.24, 2.45) is 5.92 Å². The number of aromatic amines is 1. The van der Waals surface area contributed by atoms with Gasteiger partial charge in [0, 0.05) is 30.6 Å². The summed E-state index contributed by atoms with van der Waals surface area (Å²) in [4.78, 5) is 29.8. The summed E-state index contributed by atoms with van der Waals surface area (Å²) in [5.41, 5.74) is 2.95. The lowest BCUT2D eigenvalue weighted by Crippen LogP contribution is -2.27. The molecule has 1 saturated carbocycles. The van der Waals surface area contributed by atoms with Crippen LogP contribution in [-0.4, -0.2) is 28.6 Å². The highest BCUT2D eigenvalue weighted by molar-refractivity contribution is 6.04. The first-order valence-corrected chi connectivity index (χ1v) is 9.04. The van der Waals surface area contributed by atoms with Crippen molar-refractivity contribution < 1.29 is 14.0 Å². The van der Waals surface area contributed by atoms with E-state index < -0.39 is 0 Å². The molecule has 0 aliphatic heterocycles. The highest BCUT2D eigenvalue weighted by Gasteiger charge is 2.36. The third-order valence-electron chi connectivity index (χ3n) is 5.55. The molecule has 5 heteroatoms. The second-order valence-corrected chi connectivity index (χ2v) is 7.54. The van der Waals surface area contributed by atoms with Crippen molar-refractivity contribution in [1.29, 1.82) is 0 Å². The summed E-state index contributed by atoms with van der Waals surface area (Å²) in [5.74, 6) is 3.11. The number of rotatable bonds is 4. The van der Waals surface area contributed by atoms with E-state index in [1.54, 1.807) is 11.9 Å². The molecule has 25 heavy (non-hydrogen) atoms. The molecule has 2 aliphatic carbocycles.